The number of esters is 1. The predicted molar refractivity (Wildman–Crippen MR) is 192 cm³/mol. The van der Waals surface area contributed by atoms with Crippen molar-refractivity contribution in [1.29, 1.82) is 0 Å². The van der Waals surface area contributed by atoms with Crippen molar-refractivity contribution in [2.75, 3.05) is 33.3 Å². The van der Waals surface area contributed by atoms with E-state index in [4.69, 9.17) is 18.9 Å². The van der Waals surface area contributed by atoms with Gasteiger partial charge in [-0.15, -0.1) is 0 Å². The lowest BCUT2D eigenvalue weighted by atomic mass is 10.00. The summed E-state index contributed by atoms with van der Waals surface area (Å²) < 4.78 is 21.5. The summed E-state index contributed by atoms with van der Waals surface area (Å²) in [7, 11) is 1.55. The summed E-state index contributed by atoms with van der Waals surface area (Å²) in [5.41, 5.74) is 1.62. The first-order chi connectivity index (χ1) is 24.9. The Morgan fingerprint density at radius 3 is 1.98 bits per heavy atom. The van der Waals surface area contributed by atoms with Crippen molar-refractivity contribution in [3.05, 3.63) is 102 Å². The van der Waals surface area contributed by atoms with Crippen molar-refractivity contribution in [1.82, 2.24) is 20.4 Å². The van der Waals surface area contributed by atoms with E-state index in [2.05, 4.69) is 10.6 Å². The molecule has 1 aliphatic heterocycles. The van der Waals surface area contributed by atoms with Crippen LogP contribution in [-0.4, -0.2) is 90.7 Å². The average Bonchev–Trinajstić information content (AvgIpc) is 3.13. The van der Waals surface area contributed by atoms with Crippen LogP contribution >= 0.6 is 0 Å². The highest BCUT2D eigenvalue weighted by atomic mass is 16.6. The maximum atomic E-state index is 14.3. The van der Waals surface area contributed by atoms with Crippen molar-refractivity contribution in [2.45, 2.75) is 70.9 Å². The molecular weight excluding hydrogens is 668 g/mol. The highest BCUT2D eigenvalue weighted by Crippen LogP contribution is 2.21. The van der Waals surface area contributed by atoms with Crippen molar-refractivity contribution >= 4 is 30.0 Å². The molecule has 2 atom stereocenters. The number of methoxy groups -OCH3 is 1. The summed E-state index contributed by atoms with van der Waals surface area (Å²) in [6.45, 7) is 5.40. The molecule has 4 rings (SSSR count). The smallest absolute Gasteiger partial charge is 0.408 e. The monoisotopic (exact) mass is 716 g/mol. The van der Waals surface area contributed by atoms with Gasteiger partial charge in [0.25, 0.3) is 0 Å². The molecule has 2 N–H and O–H groups in total. The van der Waals surface area contributed by atoms with Crippen LogP contribution in [0.2, 0.25) is 0 Å². The molecule has 3 aromatic rings. The molecule has 4 amide bonds. The highest BCUT2D eigenvalue weighted by Gasteiger charge is 2.41. The number of carbonyl (C=O) groups excluding carboxylic acids is 5. The van der Waals surface area contributed by atoms with E-state index in [1.54, 1.807) is 52.1 Å². The van der Waals surface area contributed by atoms with E-state index in [1.165, 1.54) is 9.80 Å². The van der Waals surface area contributed by atoms with E-state index >= 15 is 0 Å². The summed E-state index contributed by atoms with van der Waals surface area (Å²) in [6, 6.07) is 23.4. The predicted octanol–water partition coefficient (Wildman–Crippen LogP) is 4.62. The molecule has 1 saturated heterocycles. The highest BCUT2D eigenvalue weighted by molar-refractivity contribution is 5.93. The topological polar surface area (TPSA) is 153 Å². The number of alkyl carbamates (subject to hydrolysis) is 2. The molecule has 0 aliphatic carbocycles. The lowest BCUT2D eigenvalue weighted by Gasteiger charge is -2.42. The van der Waals surface area contributed by atoms with Crippen molar-refractivity contribution in [2.24, 2.45) is 0 Å². The second-order valence-corrected chi connectivity index (χ2v) is 13.3. The van der Waals surface area contributed by atoms with Gasteiger partial charge in [0.05, 0.1) is 7.11 Å². The average molecular weight is 717 g/mol. The van der Waals surface area contributed by atoms with Crippen LogP contribution in [0.15, 0.2) is 84.9 Å². The number of nitrogens with one attached hydrogen (secondary N) is 2. The Kier molecular flexibility index (Phi) is 14.4. The maximum Gasteiger partial charge on any atom is 0.408 e. The fourth-order valence-corrected chi connectivity index (χ4v) is 5.63. The first-order valence-electron chi connectivity index (χ1n) is 17.3. The number of hydrogen-bond donors (Lipinski definition) is 2. The van der Waals surface area contributed by atoms with Gasteiger partial charge >= 0.3 is 18.2 Å². The Balaban J connectivity index is 1.48. The van der Waals surface area contributed by atoms with Crippen molar-refractivity contribution in [3.8, 4) is 5.75 Å². The lowest BCUT2D eigenvalue weighted by Crippen LogP contribution is -2.63. The quantitative estimate of drug-likeness (QED) is 0.130. The minimum absolute atomic E-state index is 0.00134. The Morgan fingerprint density at radius 2 is 1.40 bits per heavy atom. The number of benzene rings is 3. The molecular formula is C39H48N4O9. The third-order valence-corrected chi connectivity index (χ3v) is 8.15. The Morgan fingerprint density at radius 1 is 0.808 bits per heavy atom. The molecule has 13 heteroatoms. The van der Waals surface area contributed by atoms with E-state index in [0.29, 0.717) is 12.2 Å². The van der Waals surface area contributed by atoms with Crippen LogP contribution in [0.4, 0.5) is 9.59 Å². The van der Waals surface area contributed by atoms with E-state index in [9.17, 15) is 24.0 Å². The molecule has 1 unspecified atom stereocenters. The zero-order valence-corrected chi connectivity index (χ0v) is 30.2. The number of amides is 4. The van der Waals surface area contributed by atoms with Gasteiger partial charge in [0, 0.05) is 26.1 Å². The summed E-state index contributed by atoms with van der Waals surface area (Å²) in [6.07, 6.45) is -0.813. The fraction of sp³-hybridized carbons (Fsp3) is 0.410. The number of carbonyl (C=O) groups is 5. The molecule has 3 aromatic carbocycles. The molecule has 52 heavy (non-hydrogen) atoms. The van der Waals surface area contributed by atoms with E-state index in [0.717, 1.165) is 16.7 Å². The first-order valence-corrected chi connectivity index (χ1v) is 17.3. The van der Waals surface area contributed by atoms with Gasteiger partial charge in [-0.05, 0) is 62.4 Å². The molecule has 0 radical (unpaired) electrons. The minimum Gasteiger partial charge on any atom is -0.497 e. The minimum atomic E-state index is -1.09. The van der Waals surface area contributed by atoms with Crippen LogP contribution in [-0.2, 0) is 48.2 Å². The number of rotatable bonds is 15. The molecule has 1 fully saturated rings. The maximum absolute atomic E-state index is 14.3. The van der Waals surface area contributed by atoms with Crippen LogP contribution < -0.4 is 15.4 Å². The van der Waals surface area contributed by atoms with Gasteiger partial charge in [-0.3, -0.25) is 14.4 Å². The zero-order valence-electron chi connectivity index (χ0n) is 30.2. The normalized spacial score (nSPS) is 14.9. The molecule has 1 aliphatic rings. The Labute approximate surface area is 304 Å². The molecule has 0 bridgehead atoms. The molecule has 278 valence electrons. The molecule has 0 aromatic heterocycles. The second kappa shape index (κ2) is 19.1. The standard InChI is InChI=1S/C39H48N4O9/c1-39(2,3)52-34(44)25-42-22-23-43(33(36(42)46)16-11-21-40-37(47)50-26-29-12-7-5-8-13-29)35(45)32(24-28-17-19-31(49-4)20-18-28)41-38(48)51-27-30-14-9-6-10-15-30/h5-10,12-15,17-20,32-33H,11,16,21-27H2,1-4H3,(H,40,47)(H,41,48)/t32?,33-/m0/s1. The van der Waals surface area contributed by atoms with Crippen LogP contribution in [0, 0.1) is 0 Å². The third-order valence-electron chi connectivity index (χ3n) is 8.15. The van der Waals surface area contributed by atoms with E-state index in [1.807, 2.05) is 60.7 Å². The molecule has 1 heterocycles. The number of hydrogen-bond acceptors (Lipinski definition) is 9. The van der Waals surface area contributed by atoms with Crippen LogP contribution in [0.5, 0.6) is 5.75 Å². The number of piperazine rings is 1. The van der Waals surface area contributed by atoms with Gasteiger partial charge < -0.3 is 39.4 Å². The second-order valence-electron chi connectivity index (χ2n) is 13.3. The van der Waals surface area contributed by atoms with Gasteiger partial charge in [0.2, 0.25) is 11.8 Å². The lowest BCUT2D eigenvalue weighted by molar-refractivity contribution is -0.163. The summed E-state index contributed by atoms with van der Waals surface area (Å²) >= 11 is 0. The SMILES string of the molecule is COc1ccc(CC(NC(=O)OCc2ccccc2)C(=O)N2CCN(CC(=O)OC(C)(C)C)C(=O)[C@@H]2CCCNC(=O)OCc2ccccc2)cc1. The van der Waals surface area contributed by atoms with Crippen LogP contribution in [0.3, 0.4) is 0 Å². The van der Waals surface area contributed by atoms with E-state index < -0.39 is 47.7 Å². The fourth-order valence-electron chi connectivity index (χ4n) is 5.63. The summed E-state index contributed by atoms with van der Waals surface area (Å²) in [5.74, 6) is -0.862. The van der Waals surface area contributed by atoms with Gasteiger partial charge in [-0.1, -0.05) is 72.8 Å². The van der Waals surface area contributed by atoms with Gasteiger partial charge in [-0.25, -0.2) is 9.59 Å². The Bertz CT molecular complexity index is 1630. The molecule has 0 spiro atoms. The largest absolute Gasteiger partial charge is 0.497 e. The summed E-state index contributed by atoms with van der Waals surface area (Å²) in [5, 5.41) is 5.41. The van der Waals surface area contributed by atoms with Crippen molar-refractivity contribution in [3.63, 3.8) is 0 Å². The third kappa shape index (κ3) is 12.6. The first kappa shape index (κ1) is 39.2. The van der Waals surface area contributed by atoms with Gasteiger partial charge in [0.15, 0.2) is 0 Å². The Hall–Kier alpha value is -5.59. The van der Waals surface area contributed by atoms with Crippen LogP contribution in [0.1, 0.15) is 50.3 Å². The van der Waals surface area contributed by atoms with Crippen molar-refractivity contribution < 1.29 is 42.9 Å². The summed E-state index contributed by atoms with van der Waals surface area (Å²) in [4.78, 5) is 69.2. The number of nitrogens with zero attached hydrogens (tertiary/aromatic N) is 2. The number of ether oxygens (including phenoxy) is 4. The van der Waals surface area contributed by atoms with Gasteiger partial charge in [0.1, 0.15) is 43.2 Å². The zero-order chi connectivity index (χ0) is 37.5. The van der Waals surface area contributed by atoms with Gasteiger partial charge in [-0.2, -0.15) is 0 Å². The molecule has 0 saturated carbocycles. The van der Waals surface area contributed by atoms with E-state index in [-0.39, 0.29) is 52.2 Å². The van der Waals surface area contributed by atoms with Crippen LogP contribution in [0.25, 0.3) is 0 Å². The molecule has 13 nitrogen and oxygen atoms in total.